The van der Waals surface area contributed by atoms with Crippen LogP contribution >= 0.6 is 0 Å². The third-order valence-corrected chi connectivity index (χ3v) is 3.87. The highest BCUT2D eigenvalue weighted by atomic mass is 16.5. The number of amides is 1. The highest BCUT2D eigenvalue weighted by molar-refractivity contribution is 5.92. The molecule has 0 fully saturated rings. The number of rotatable bonds is 7. The lowest BCUT2D eigenvalue weighted by atomic mass is 10.2. The number of benzene rings is 2. The third kappa shape index (κ3) is 4.52. The lowest BCUT2D eigenvalue weighted by Gasteiger charge is -2.11. The molecule has 27 heavy (non-hydrogen) atoms. The van der Waals surface area contributed by atoms with Gasteiger partial charge in [0.15, 0.2) is 0 Å². The van der Waals surface area contributed by atoms with Crippen LogP contribution in [0, 0.1) is 0 Å². The summed E-state index contributed by atoms with van der Waals surface area (Å²) in [6.45, 7) is 0.335. The molecule has 1 aromatic heterocycles. The normalized spacial score (nSPS) is 10.1. The first-order chi connectivity index (χ1) is 13.2. The quantitative estimate of drug-likeness (QED) is 0.670. The number of hydrogen-bond donors (Lipinski definition) is 2. The Bertz CT molecular complexity index is 930. The molecule has 0 saturated heterocycles. The molecule has 0 aliphatic carbocycles. The van der Waals surface area contributed by atoms with Gasteiger partial charge in [-0.15, -0.1) is 0 Å². The van der Waals surface area contributed by atoms with Crippen molar-refractivity contribution in [1.29, 1.82) is 0 Å². The van der Waals surface area contributed by atoms with Crippen molar-refractivity contribution in [2.45, 2.75) is 6.54 Å². The maximum Gasteiger partial charge on any atom is 0.270 e. The molecule has 0 aliphatic rings. The fourth-order valence-corrected chi connectivity index (χ4v) is 2.53. The van der Waals surface area contributed by atoms with Crippen molar-refractivity contribution in [2.75, 3.05) is 19.5 Å². The summed E-state index contributed by atoms with van der Waals surface area (Å²) in [6, 6.07) is 16.5. The van der Waals surface area contributed by atoms with Crippen LogP contribution in [0.2, 0.25) is 0 Å². The van der Waals surface area contributed by atoms with E-state index in [1.807, 2.05) is 48.5 Å². The van der Waals surface area contributed by atoms with Crippen molar-refractivity contribution in [1.82, 2.24) is 15.3 Å². The summed E-state index contributed by atoms with van der Waals surface area (Å²) >= 11 is 0. The van der Waals surface area contributed by atoms with E-state index in [4.69, 9.17) is 9.47 Å². The standard InChI is InChI=1S/C20H20N4O3/c1-26-17-9-5-3-7-14(17)13-22-19(25)16-11-12-21-20(24-16)23-15-8-4-6-10-18(15)27-2/h3-12H,13H2,1-2H3,(H,22,25)(H,21,23,24). The Morgan fingerprint density at radius 2 is 1.67 bits per heavy atom. The predicted molar refractivity (Wildman–Crippen MR) is 102 cm³/mol. The van der Waals surface area contributed by atoms with E-state index in [9.17, 15) is 4.79 Å². The molecule has 0 aliphatic heterocycles. The van der Waals surface area contributed by atoms with Crippen LogP contribution in [0.5, 0.6) is 11.5 Å². The Labute approximate surface area is 157 Å². The third-order valence-electron chi connectivity index (χ3n) is 3.87. The second kappa shape index (κ2) is 8.66. The van der Waals surface area contributed by atoms with Crippen LogP contribution in [0.4, 0.5) is 11.6 Å². The maximum absolute atomic E-state index is 12.5. The molecule has 0 spiro atoms. The Hall–Kier alpha value is -3.61. The van der Waals surface area contributed by atoms with Crippen molar-refractivity contribution in [3.63, 3.8) is 0 Å². The van der Waals surface area contributed by atoms with Gasteiger partial charge < -0.3 is 20.1 Å². The smallest absolute Gasteiger partial charge is 0.270 e. The molecule has 7 heteroatoms. The van der Waals surface area contributed by atoms with Crippen molar-refractivity contribution >= 4 is 17.5 Å². The van der Waals surface area contributed by atoms with Gasteiger partial charge in [0, 0.05) is 18.3 Å². The van der Waals surface area contributed by atoms with Crippen molar-refractivity contribution in [3.05, 3.63) is 72.1 Å². The van der Waals surface area contributed by atoms with Gasteiger partial charge in [-0.25, -0.2) is 9.97 Å². The van der Waals surface area contributed by atoms with Crippen LogP contribution in [0.15, 0.2) is 60.8 Å². The number of nitrogens with zero attached hydrogens (tertiary/aromatic N) is 2. The van der Waals surface area contributed by atoms with Gasteiger partial charge in [0.2, 0.25) is 5.95 Å². The van der Waals surface area contributed by atoms with Crippen molar-refractivity contribution in [3.8, 4) is 11.5 Å². The molecule has 0 atom stereocenters. The first-order valence-corrected chi connectivity index (χ1v) is 8.34. The molecule has 2 N–H and O–H groups in total. The molecule has 3 aromatic rings. The lowest BCUT2D eigenvalue weighted by Crippen LogP contribution is -2.24. The van der Waals surface area contributed by atoms with Crippen LogP contribution < -0.4 is 20.1 Å². The van der Waals surface area contributed by atoms with Gasteiger partial charge in [-0.3, -0.25) is 4.79 Å². The molecule has 7 nitrogen and oxygen atoms in total. The molecule has 1 amide bonds. The van der Waals surface area contributed by atoms with E-state index in [0.717, 1.165) is 11.3 Å². The molecule has 138 valence electrons. The second-order valence-corrected chi connectivity index (χ2v) is 5.59. The summed E-state index contributed by atoms with van der Waals surface area (Å²) in [7, 11) is 3.18. The summed E-state index contributed by atoms with van der Waals surface area (Å²) < 4.78 is 10.6. The predicted octanol–water partition coefficient (Wildman–Crippen LogP) is 3.17. The van der Waals surface area contributed by atoms with E-state index >= 15 is 0 Å². The van der Waals surface area contributed by atoms with Gasteiger partial charge in [-0.1, -0.05) is 30.3 Å². The van der Waals surface area contributed by atoms with E-state index in [-0.39, 0.29) is 11.6 Å². The van der Waals surface area contributed by atoms with Gasteiger partial charge >= 0.3 is 0 Å². The zero-order valence-corrected chi connectivity index (χ0v) is 15.1. The SMILES string of the molecule is COc1ccccc1CNC(=O)c1ccnc(Nc2ccccc2OC)n1. The van der Waals surface area contributed by atoms with Gasteiger partial charge in [0.05, 0.1) is 19.9 Å². The molecule has 0 bridgehead atoms. The maximum atomic E-state index is 12.5. The summed E-state index contributed by atoms with van der Waals surface area (Å²) in [6.07, 6.45) is 1.53. The molecule has 1 heterocycles. The first kappa shape index (κ1) is 18.2. The first-order valence-electron chi connectivity index (χ1n) is 8.34. The van der Waals surface area contributed by atoms with E-state index in [0.29, 0.717) is 23.9 Å². The zero-order valence-electron chi connectivity index (χ0n) is 15.1. The molecule has 0 unspecified atom stereocenters. The van der Waals surface area contributed by atoms with Crippen LogP contribution in [-0.4, -0.2) is 30.1 Å². The molecule has 0 radical (unpaired) electrons. The number of para-hydroxylation sites is 3. The Kier molecular flexibility index (Phi) is 5.84. The minimum Gasteiger partial charge on any atom is -0.496 e. The summed E-state index contributed by atoms with van der Waals surface area (Å²) in [5.41, 5.74) is 1.86. The fourth-order valence-electron chi connectivity index (χ4n) is 2.53. The minimum atomic E-state index is -0.300. The van der Waals surface area contributed by atoms with Crippen LogP contribution in [0.3, 0.4) is 0 Å². The van der Waals surface area contributed by atoms with Gasteiger partial charge in [0.1, 0.15) is 17.2 Å². The molecular formula is C20H20N4O3. The molecular weight excluding hydrogens is 344 g/mol. The lowest BCUT2D eigenvalue weighted by molar-refractivity contribution is 0.0945. The van der Waals surface area contributed by atoms with E-state index in [1.54, 1.807) is 20.3 Å². The van der Waals surface area contributed by atoms with E-state index < -0.39 is 0 Å². The minimum absolute atomic E-state index is 0.261. The molecule has 3 rings (SSSR count). The van der Waals surface area contributed by atoms with Crippen LogP contribution in [0.25, 0.3) is 0 Å². The average molecular weight is 364 g/mol. The molecule has 2 aromatic carbocycles. The van der Waals surface area contributed by atoms with Gasteiger partial charge in [0.25, 0.3) is 5.91 Å². The van der Waals surface area contributed by atoms with Crippen molar-refractivity contribution in [2.24, 2.45) is 0 Å². The summed E-state index contributed by atoms with van der Waals surface area (Å²) in [4.78, 5) is 20.9. The number of aromatic nitrogens is 2. The number of carbonyl (C=O) groups is 1. The van der Waals surface area contributed by atoms with Crippen molar-refractivity contribution < 1.29 is 14.3 Å². The Morgan fingerprint density at radius 1 is 0.963 bits per heavy atom. The second-order valence-electron chi connectivity index (χ2n) is 5.59. The van der Waals surface area contributed by atoms with Gasteiger partial charge in [-0.2, -0.15) is 0 Å². The number of methoxy groups -OCH3 is 2. The number of hydrogen-bond acceptors (Lipinski definition) is 6. The van der Waals surface area contributed by atoms with E-state index in [2.05, 4.69) is 20.6 Å². The average Bonchev–Trinajstić information content (AvgIpc) is 2.72. The Balaban J connectivity index is 1.70. The highest BCUT2D eigenvalue weighted by Crippen LogP contribution is 2.25. The summed E-state index contributed by atoms with van der Waals surface area (Å²) in [5, 5.41) is 5.91. The highest BCUT2D eigenvalue weighted by Gasteiger charge is 2.11. The molecule has 0 saturated carbocycles. The monoisotopic (exact) mass is 364 g/mol. The Morgan fingerprint density at radius 3 is 2.44 bits per heavy atom. The topological polar surface area (TPSA) is 85.4 Å². The van der Waals surface area contributed by atoms with Gasteiger partial charge in [-0.05, 0) is 24.3 Å². The largest absolute Gasteiger partial charge is 0.496 e. The van der Waals surface area contributed by atoms with E-state index in [1.165, 1.54) is 6.20 Å². The van der Waals surface area contributed by atoms with Crippen LogP contribution in [-0.2, 0) is 6.54 Å². The van der Waals surface area contributed by atoms with Crippen LogP contribution in [0.1, 0.15) is 16.1 Å². The fraction of sp³-hybridized carbons (Fsp3) is 0.150. The number of carbonyl (C=O) groups excluding carboxylic acids is 1. The number of nitrogens with one attached hydrogen (secondary N) is 2. The summed E-state index contributed by atoms with van der Waals surface area (Å²) in [5.74, 6) is 1.39. The number of ether oxygens (including phenoxy) is 2. The zero-order chi connectivity index (χ0) is 19.1. The number of anilines is 2.